The third-order valence-electron chi connectivity index (χ3n) is 5.14. The Hall–Kier alpha value is -2.56. The Bertz CT molecular complexity index is 739. The first kappa shape index (κ1) is 19.2. The predicted octanol–water partition coefficient (Wildman–Crippen LogP) is 3.83. The van der Waals surface area contributed by atoms with E-state index in [0.29, 0.717) is 18.5 Å². The van der Waals surface area contributed by atoms with Crippen LogP contribution in [-0.4, -0.2) is 32.1 Å². The van der Waals surface area contributed by atoms with Crippen molar-refractivity contribution in [1.82, 2.24) is 5.32 Å². The van der Waals surface area contributed by atoms with Crippen molar-refractivity contribution in [2.45, 2.75) is 26.2 Å². The first-order valence-corrected chi connectivity index (χ1v) is 9.71. The molecule has 1 heterocycles. The summed E-state index contributed by atoms with van der Waals surface area (Å²) in [7, 11) is 0. The van der Waals surface area contributed by atoms with Gasteiger partial charge in [-0.05, 0) is 61.1 Å². The molecule has 3 rings (SSSR count). The van der Waals surface area contributed by atoms with E-state index in [1.807, 2.05) is 12.1 Å². The molecule has 0 aliphatic carbocycles. The number of piperidine rings is 1. The zero-order chi connectivity index (χ0) is 19.1. The van der Waals surface area contributed by atoms with Crippen molar-refractivity contribution in [3.63, 3.8) is 0 Å². The molecule has 2 aromatic carbocycles. The Morgan fingerprint density at radius 2 is 1.81 bits per heavy atom. The predicted molar refractivity (Wildman–Crippen MR) is 109 cm³/mol. The van der Waals surface area contributed by atoms with E-state index >= 15 is 0 Å². The fourth-order valence-corrected chi connectivity index (χ4v) is 3.34. The molecule has 0 unspecified atom stereocenters. The maximum Gasteiger partial charge on any atom is 0.239 e. The number of hydrogen-bond donors (Lipinski definition) is 2. The lowest BCUT2D eigenvalue weighted by molar-refractivity contribution is -0.119. The van der Waals surface area contributed by atoms with Gasteiger partial charge < -0.3 is 15.5 Å². The highest BCUT2D eigenvalue weighted by Crippen LogP contribution is 2.24. The van der Waals surface area contributed by atoms with Crippen molar-refractivity contribution in [3.8, 4) is 0 Å². The second-order valence-corrected chi connectivity index (χ2v) is 7.26. The molecule has 1 saturated heterocycles. The smallest absolute Gasteiger partial charge is 0.239 e. The molecule has 27 heavy (non-hydrogen) atoms. The van der Waals surface area contributed by atoms with Crippen LogP contribution in [0.5, 0.6) is 0 Å². The normalized spacial score (nSPS) is 14.8. The molecule has 1 amide bonds. The molecule has 0 aromatic heterocycles. The Kier molecular flexibility index (Phi) is 6.69. The summed E-state index contributed by atoms with van der Waals surface area (Å²) in [5, 5.41) is 5.96. The standard InChI is InChI=1S/C22H28FN3O/c1-17-11-14-26(15-12-17)20-8-6-19(7-9-20)25-16-22(27)24-13-10-18-4-2-3-5-21(18)23/h2-9,17,25H,10-16H2,1H3,(H,24,27). The van der Waals surface area contributed by atoms with E-state index in [2.05, 4.69) is 34.6 Å². The number of halogens is 1. The van der Waals surface area contributed by atoms with Gasteiger partial charge in [0.2, 0.25) is 5.91 Å². The third kappa shape index (κ3) is 5.71. The second kappa shape index (κ2) is 9.40. The van der Waals surface area contributed by atoms with Crippen LogP contribution < -0.4 is 15.5 Å². The average molecular weight is 369 g/mol. The van der Waals surface area contributed by atoms with Crippen molar-refractivity contribution >= 4 is 17.3 Å². The van der Waals surface area contributed by atoms with Gasteiger partial charge in [0.1, 0.15) is 5.82 Å². The van der Waals surface area contributed by atoms with E-state index in [-0.39, 0.29) is 18.3 Å². The lowest BCUT2D eigenvalue weighted by Gasteiger charge is -2.32. The Labute approximate surface area is 160 Å². The number of carbonyl (C=O) groups excluding carboxylic acids is 1. The van der Waals surface area contributed by atoms with Gasteiger partial charge in [0.05, 0.1) is 6.54 Å². The van der Waals surface area contributed by atoms with Gasteiger partial charge in [-0.1, -0.05) is 25.1 Å². The van der Waals surface area contributed by atoms with E-state index in [1.54, 1.807) is 18.2 Å². The lowest BCUT2D eigenvalue weighted by atomic mass is 9.99. The number of benzene rings is 2. The minimum absolute atomic E-state index is 0.0968. The summed E-state index contributed by atoms with van der Waals surface area (Å²) in [6, 6.07) is 14.9. The summed E-state index contributed by atoms with van der Waals surface area (Å²) in [6.07, 6.45) is 2.97. The van der Waals surface area contributed by atoms with Gasteiger partial charge in [-0.2, -0.15) is 0 Å². The number of nitrogens with zero attached hydrogens (tertiary/aromatic N) is 1. The van der Waals surface area contributed by atoms with E-state index < -0.39 is 0 Å². The maximum absolute atomic E-state index is 13.5. The third-order valence-corrected chi connectivity index (χ3v) is 5.14. The monoisotopic (exact) mass is 369 g/mol. The van der Waals surface area contributed by atoms with Crippen LogP contribution in [0.4, 0.5) is 15.8 Å². The molecule has 1 aliphatic heterocycles. The molecule has 1 fully saturated rings. The minimum atomic E-state index is -0.229. The number of nitrogens with one attached hydrogen (secondary N) is 2. The van der Waals surface area contributed by atoms with Crippen LogP contribution in [0.15, 0.2) is 48.5 Å². The summed E-state index contributed by atoms with van der Waals surface area (Å²) >= 11 is 0. The highest BCUT2D eigenvalue weighted by atomic mass is 19.1. The molecule has 0 bridgehead atoms. The van der Waals surface area contributed by atoms with Crippen LogP contribution in [0.3, 0.4) is 0 Å². The van der Waals surface area contributed by atoms with Crippen LogP contribution >= 0.6 is 0 Å². The Morgan fingerprint density at radius 1 is 1.11 bits per heavy atom. The zero-order valence-electron chi connectivity index (χ0n) is 15.9. The first-order valence-electron chi connectivity index (χ1n) is 9.71. The zero-order valence-corrected chi connectivity index (χ0v) is 15.9. The molecular weight excluding hydrogens is 341 g/mol. The van der Waals surface area contributed by atoms with Gasteiger partial charge in [-0.25, -0.2) is 4.39 Å². The van der Waals surface area contributed by atoms with Gasteiger partial charge in [-0.3, -0.25) is 4.79 Å². The number of carbonyl (C=O) groups is 1. The van der Waals surface area contributed by atoms with Crippen LogP contribution in [0.25, 0.3) is 0 Å². The molecular formula is C22H28FN3O. The molecule has 0 spiro atoms. The van der Waals surface area contributed by atoms with Crippen LogP contribution in [0, 0.1) is 11.7 Å². The maximum atomic E-state index is 13.5. The Morgan fingerprint density at radius 3 is 2.52 bits per heavy atom. The number of hydrogen-bond acceptors (Lipinski definition) is 3. The molecule has 2 N–H and O–H groups in total. The number of amides is 1. The van der Waals surface area contributed by atoms with Gasteiger partial charge in [0, 0.05) is 31.0 Å². The van der Waals surface area contributed by atoms with E-state index in [9.17, 15) is 9.18 Å². The van der Waals surface area contributed by atoms with E-state index in [4.69, 9.17) is 0 Å². The molecule has 0 saturated carbocycles. The van der Waals surface area contributed by atoms with Crippen molar-refractivity contribution in [2.24, 2.45) is 5.92 Å². The molecule has 144 valence electrons. The topological polar surface area (TPSA) is 44.4 Å². The SMILES string of the molecule is CC1CCN(c2ccc(NCC(=O)NCCc3ccccc3F)cc2)CC1. The summed E-state index contributed by atoms with van der Waals surface area (Å²) in [6.45, 7) is 5.16. The van der Waals surface area contributed by atoms with Crippen molar-refractivity contribution in [3.05, 3.63) is 59.9 Å². The number of anilines is 2. The molecule has 0 atom stereocenters. The quantitative estimate of drug-likeness (QED) is 0.780. The van der Waals surface area contributed by atoms with Crippen molar-refractivity contribution < 1.29 is 9.18 Å². The van der Waals surface area contributed by atoms with Gasteiger partial charge in [-0.15, -0.1) is 0 Å². The lowest BCUT2D eigenvalue weighted by Crippen LogP contribution is -2.32. The van der Waals surface area contributed by atoms with Gasteiger partial charge in [0.25, 0.3) is 0 Å². The summed E-state index contributed by atoms with van der Waals surface area (Å²) in [5.74, 6) is 0.493. The van der Waals surface area contributed by atoms with Crippen molar-refractivity contribution in [1.29, 1.82) is 0 Å². The molecule has 0 radical (unpaired) electrons. The Balaban J connectivity index is 1.39. The van der Waals surface area contributed by atoms with E-state index in [0.717, 1.165) is 24.7 Å². The summed E-state index contributed by atoms with van der Waals surface area (Å²) < 4.78 is 13.5. The summed E-state index contributed by atoms with van der Waals surface area (Å²) in [5.41, 5.74) is 2.78. The fourth-order valence-electron chi connectivity index (χ4n) is 3.34. The first-order chi connectivity index (χ1) is 13.1. The highest BCUT2D eigenvalue weighted by molar-refractivity contribution is 5.80. The van der Waals surface area contributed by atoms with Crippen LogP contribution in [0.2, 0.25) is 0 Å². The minimum Gasteiger partial charge on any atom is -0.376 e. The molecule has 2 aromatic rings. The largest absolute Gasteiger partial charge is 0.376 e. The van der Waals surface area contributed by atoms with Crippen LogP contribution in [0.1, 0.15) is 25.3 Å². The average Bonchev–Trinajstić information content (AvgIpc) is 2.69. The fraction of sp³-hybridized carbons (Fsp3) is 0.409. The highest BCUT2D eigenvalue weighted by Gasteiger charge is 2.15. The summed E-state index contributed by atoms with van der Waals surface area (Å²) in [4.78, 5) is 14.4. The van der Waals surface area contributed by atoms with Gasteiger partial charge >= 0.3 is 0 Å². The van der Waals surface area contributed by atoms with Crippen LogP contribution in [-0.2, 0) is 11.2 Å². The molecule has 4 nitrogen and oxygen atoms in total. The van der Waals surface area contributed by atoms with Crippen molar-refractivity contribution in [2.75, 3.05) is 36.4 Å². The molecule has 1 aliphatic rings. The van der Waals surface area contributed by atoms with Gasteiger partial charge in [0.15, 0.2) is 0 Å². The second-order valence-electron chi connectivity index (χ2n) is 7.26. The molecule has 5 heteroatoms. The van der Waals surface area contributed by atoms with E-state index in [1.165, 1.54) is 24.6 Å². The number of rotatable bonds is 7.